The van der Waals surface area contributed by atoms with Crippen molar-refractivity contribution in [3.05, 3.63) is 271 Å². The fraction of sp³-hybridized carbons (Fsp3) is 0.439. The van der Waals surface area contributed by atoms with Crippen LogP contribution in [0.25, 0.3) is 0 Å². The van der Waals surface area contributed by atoms with Gasteiger partial charge in [-0.25, -0.2) is 39.6 Å². The van der Waals surface area contributed by atoms with Crippen molar-refractivity contribution in [2.75, 3.05) is 39.6 Å². The van der Waals surface area contributed by atoms with Gasteiger partial charge in [-0.2, -0.15) is 26.3 Å². The molecule has 0 aliphatic carbocycles. The molecular weight excluding hydrogens is 1930 g/mol. The second-order valence-electron chi connectivity index (χ2n) is 36.9. The number of benzene rings is 9. The van der Waals surface area contributed by atoms with Crippen molar-refractivity contribution in [1.29, 1.82) is 0 Å². The average Bonchev–Trinajstić information content (AvgIpc) is 0.812. The molecule has 33 heteroatoms. The molecule has 0 radical (unpaired) electrons. The number of ether oxygens (including phenoxy) is 6. The maximum absolute atomic E-state index is 12.8. The first-order valence-corrected chi connectivity index (χ1v) is 54.2. The molecule has 9 rings (SSSR count). The first-order chi connectivity index (χ1) is 65.4. The summed E-state index contributed by atoms with van der Waals surface area (Å²) in [5, 5.41) is -15.3. The summed E-state index contributed by atoms with van der Waals surface area (Å²) < 4.78 is 195. The molecular formula is C107H136F6O21S6. The first-order valence-electron chi connectivity index (χ1n) is 46.3. The molecule has 0 saturated carbocycles. The molecule has 0 N–H and O–H groups in total. The maximum Gasteiger partial charge on any atom is 0.428 e. The summed E-state index contributed by atoms with van der Waals surface area (Å²) in [5.41, 5.74) is 3.44. The van der Waals surface area contributed by atoms with Crippen LogP contribution in [0.3, 0.4) is 0 Å². The van der Waals surface area contributed by atoms with Crippen LogP contribution >= 0.6 is 0 Å². The van der Waals surface area contributed by atoms with E-state index in [2.05, 4.69) is 336 Å². The van der Waals surface area contributed by atoms with E-state index in [9.17, 15) is 94.0 Å². The molecule has 9 aromatic rings. The average molecular weight is 2060 g/mol. The molecule has 0 aliphatic rings. The SMILES string of the molecule is CC(C)(C)c1ccc([S+](c2ccccc2)c2ccccc2)cc1.CC(C)(C)c1ccc([S+](c2ccccc2)c2ccccc2)cc1.CC(C)(C)c1ccc([S+](c2ccccc2)c2ccccc2)cc1.CCC(C)(C)C(=O)OCCCCCCCCOC(=O)C(F)(F)S(=O)(=O)[O-].CCC(C)(C)C(=O)OCCOC(=O)C(F)(F)S(=O)(=O)[O-].CCC(C)C(=O)OCCCCCCCCOC(=O)C(F)(F)S(=O)(=O)[O-]. The predicted octanol–water partition coefficient (Wildman–Crippen LogP) is 24.5. The fourth-order valence-corrected chi connectivity index (χ4v) is 19.2. The van der Waals surface area contributed by atoms with Crippen molar-refractivity contribution in [2.24, 2.45) is 16.7 Å². The van der Waals surface area contributed by atoms with Gasteiger partial charge in [0.25, 0.3) is 0 Å². The number of alkyl halides is 6. The first kappa shape index (κ1) is 122. The third kappa shape index (κ3) is 41.2. The molecule has 1 unspecified atom stereocenters. The lowest BCUT2D eigenvalue weighted by atomic mass is 9.87. The summed E-state index contributed by atoms with van der Waals surface area (Å²) >= 11 is 0. The summed E-state index contributed by atoms with van der Waals surface area (Å²) in [5.74, 6) is -8.35. The van der Waals surface area contributed by atoms with Crippen molar-refractivity contribution in [3.63, 3.8) is 0 Å². The zero-order valence-electron chi connectivity index (χ0n) is 83.0. The normalized spacial score (nSPS) is 12.3. The fourth-order valence-electron chi connectivity index (χ4n) is 12.1. The molecule has 0 bridgehead atoms. The van der Waals surface area contributed by atoms with Crippen molar-refractivity contribution < 1.29 is 122 Å². The van der Waals surface area contributed by atoms with Gasteiger partial charge in [-0.3, -0.25) is 14.4 Å². The molecule has 0 heterocycles. The van der Waals surface area contributed by atoms with Gasteiger partial charge in [-0.1, -0.05) is 287 Å². The molecule has 0 saturated heterocycles. The second kappa shape index (κ2) is 58.1. The highest BCUT2D eigenvalue weighted by Crippen LogP contribution is 2.38. The van der Waals surface area contributed by atoms with Gasteiger partial charge < -0.3 is 42.1 Å². The van der Waals surface area contributed by atoms with Gasteiger partial charge in [0, 0.05) is 0 Å². The zero-order valence-corrected chi connectivity index (χ0v) is 87.9. The minimum absolute atomic E-state index is 0.0497. The van der Waals surface area contributed by atoms with E-state index >= 15 is 0 Å². The van der Waals surface area contributed by atoms with Crippen LogP contribution in [0.1, 0.15) is 231 Å². The zero-order chi connectivity index (χ0) is 105. The number of halogens is 6. The lowest BCUT2D eigenvalue weighted by Gasteiger charge is -2.21. The van der Waals surface area contributed by atoms with Crippen molar-refractivity contribution >= 4 is 98.9 Å². The number of unbranched alkanes of at least 4 members (excludes halogenated alkanes) is 10. The Morgan fingerprint density at radius 3 is 0.621 bits per heavy atom. The van der Waals surface area contributed by atoms with Crippen LogP contribution in [-0.4, -0.2) is 130 Å². The van der Waals surface area contributed by atoms with E-state index in [1.165, 1.54) is 60.7 Å². The number of carbonyl (C=O) groups is 6. The van der Waals surface area contributed by atoms with E-state index in [0.29, 0.717) is 45.3 Å². The van der Waals surface area contributed by atoms with Crippen LogP contribution in [0, 0.1) is 16.7 Å². The van der Waals surface area contributed by atoms with Crippen molar-refractivity contribution in [1.82, 2.24) is 0 Å². The minimum atomic E-state index is -6.15. The third-order valence-electron chi connectivity index (χ3n) is 21.9. The maximum atomic E-state index is 12.8. The lowest BCUT2D eigenvalue weighted by Crippen LogP contribution is -2.39. The summed E-state index contributed by atoms with van der Waals surface area (Å²) in [7, 11) is -18.4. The van der Waals surface area contributed by atoms with Crippen molar-refractivity contribution in [2.45, 2.75) is 290 Å². The molecule has 0 fully saturated rings. The molecule has 140 heavy (non-hydrogen) atoms. The molecule has 9 aromatic carbocycles. The van der Waals surface area contributed by atoms with Gasteiger partial charge in [-0.05, 0) is 215 Å². The number of hydrogen-bond donors (Lipinski definition) is 0. The van der Waals surface area contributed by atoms with E-state index in [1.807, 2.05) is 27.7 Å². The largest absolute Gasteiger partial charge is 0.743 e. The Morgan fingerprint density at radius 2 is 0.436 bits per heavy atom. The van der Waals surface area contributed by atoms with Crippen LogP contribution in [0.4, 0.5) is 26.3 Å². The van der Waals surface area contributed by atoms with Gasteiger partial charge in [0.1, 0.15) is 13.2 Å². The number of rotatable bonds is 42. The lowest BCUT2D eigenvalue weighted by molar-refractivity contribution is -0.167. The predicted molar refractivity (Wildman–Crippen MR) is 533 cm³/mol. The van der Waals surface area contributed by atoms with E-state index in [0.717, 1.165) is 51.4 Å². The molecule has 0 amide bonds. The molecule has 0 aromatic heterocycles. The molecule has 21 nitrogen and oxygen atoms in total. The van der Waals surface area contributed by atoms with Gasteiger partial charge in [0.05, 0.1) is 75.9 Å². The summed E-state index contributed by atoms with van der Waals surface area (Å²) in [6.45, 7) is 33.2. The van der Waals surface area contributed by atoms with Gasteiger partial charge in [0.15, 0.2) is 74.4 Å². The summed E-state index contributed by atoms with van der Waals surface area (Å²) in [6.07, 6.45) is 9.91. The van der Waals surface area contributed by atoms with Gasteiger partial charge >= 0.3 is 51.6 Å². The highest BCUT2D eigenvalue weighted by atomic mass is 32.2. The third-order valence-corrected chi connectivity index (χ3v) is 30.9. The Labute approximate surface area is 833 Å². The number of hydrogen-bond acceptors (Lipinski definition) is 21. The number of esters is 6. The minimum Gasteiger partial charge on any atom is -0.743 e. The standard InChI is InChI=1S/3C22H23S.C16H28F2O7S.C15H26F2O7S.C10H16F2O7S/c3*1-22(2,3)18-14-16-21(17-15-18)23(19-10-6-4-7-11-19)20-12-8-5-9-13-20;1-4-15(2,3)13(19)24-11-9-7-5-6-8-10-12-25-14(20)16(17,18)26(21,22)23;1-3-12(2)13(18)23-10-8-6-4-5-7-9-11-24-14(19)15(16,17)25(20,21)22;1-4-9(2,3)7(13)18-5-6-19-8(14)10(11,12)20(15,16)17/h3*4-17H,1-3H3;4-12H2,1-3H3,(H,21,22,23);12H,3-11H2,1-2H3,(H,20,21,22);4-6H2,1-3H3,(H,15,16,17)/q3*+1;;;/p-3. The molecule has 768 valence electrons. The summed E-state index contributed by atoms with van der Waals surface area (Å²) in [4.78, 5) is 79.3. The van der Waals surface area contributed by atoms with E-state index in [1.54, 1.807) is 27.7 Å². The highest BCUT2D eigenvalue weighted by Gasteiger charge is 2.51. The Balaban J connectivity index is 0.000000351. The Bertz CT molecular complexity index is 5120. The van der Waals surface area contributed by atoms with Crippen LogP contribution < -0.4 is 0 Å². The Kier molecular flexibility index (Phi) is 50.8. The molecule has 1 atom stereocenters. The Hall–Kier alpha value is -9.84. The van der Waals surface area contributed by atoms with Crippen LogP contribution in [0.5, 0.6) is 0 Å². The molecule has 0 aliphatic heterocycles. The van der Waals surface area contributed by atoms with Gasteiger partial charge in [0.2, 0.25) is 0 Å². The van der Waals surface area contributed by atoms with E-state index < -0.39 is 94.0 Å². The Morgan fingerprint density at radius 1 is 0.264 bits per heavy atom. The highest BCUT2D eigenvalue weighted by molar-refractivity contribution is 7.97. The van der Waals surface area contributed by atoms with Crippen LogP contribution in [0.15, 0.2) is 299 Å². The van der Waals surface area contributed by atoms with Crippen LogP contribution in [0.2, 0.25) is 0 Å². The van der Waals surface area contributed by atoms with E-state index in [-0.39, 0.29) is 92.8 Å². The second-order valence-corrected chi connectivity index (χ2v) is 47.2. The van der Waals surface area contributed by atoms with E-state index in [4.69, 9.17) is 9.47 Å². The van der Waals surface area contributed by atoms with Gasteiger partial charge in [-0.15, -0.1) is 0 Å². The molecule has 0 spiro atoms. The van der Waals surface area contributed by atoms with Crippen LogP contribution in [-0.2, 0) is 136 Å². The number of carbonyl (C=O) groups excluding carboxylic acids is 6. The van der Waals surface area contributed by atoms with Crippen molar-refractivity contribution in [3.8, 4) is 0 Å². The monoisotopic (exact) mass is 2060 g/mol. The summed E-state index contributed by atoms with van der Waals surface area (Å²) in [6, 6.07) is 92.2. The quantitative estimate of drug-likeness (QED) is 0.00856. The topological polar surface area (TPSA) is 329 Å². The smallest absolute Gasteiger partial charge is 0.428 e.